The van der Waals surface area contributed by atoms with Crippen LogP contribution in [0.25, 0.3) is 0 Å². The number of rotatable bonds is 7. The molecule has 6 nitrogen and oxygen atoms in total. The summed E-state index contributed by atoms with van der Waals surface area (Å²) in [7, 11) is -3.41. The van der Waals surface area contributed by atoms with Crippen molar-refractivity contribution in [3.63, 3.8) is 0 Å². The summed E-state index contributed by atoms with van der Waals surface area (Å²) in [6.45, 7) is 3.83. The lowest BCUT2D eigenvalue weighted by Gasteiger charge is -2.15. The third-order valence-corrected chi connectivity index (χ3v) is 6.42. The van der Waals surface area contributed by atoms with Crippen LogP contribution in [-0.4, -0.2) is 38.3 Å². The van der Waals surface area contributed by atoms with Crippen LogP contribution in [0.3, 0.4) is 0 Å². The number of para-hydroxylation sites is 1. The minimum absolute atomic E-state index is 0.229. The first-order valence-corrected chi connectivity index (χ1v) is 10.6. The number of nitrogens with one attached hydrogen (secondary N) is 1. The summed E-state index contributed by atoms with van der Waals surface area (Å²) in [6, 6.07) is 13.8. The van der Waals surface area contributed by atoms with Gasteiger partial charge in [0.1, 0.15) is 5.75 Å². The molecular formula is C20H24N2O4S. The summed E-state index contributed by atoms with van der Waals surface area (Å²) in [5, 5.41) is 2.85. The maximum absolute atomic E-state index is 12.5. The Morgan fingerprint density at radius 3 is 2.41 bits per heavy atom. The zero-order valence-corrected chi connectivity index (χ0v) is 16.2. The van der Waals surface area contributed by atoms with Crippen molar-refractivity contribution in [2.75, 3.05) is 19.7 Å². The van der Waals surface area contributed by atoms with Crippen molar-refractivity contribution in [3.05, 3.63) is 59.7 Å². The highest BCUT2D eigenvalue weighted by Crippen LogP contribution is 2.21. The van der Waals surface area contributed by atoms with Crippen LogP contribution in [-0.2, 0) is 16.6 Å². The van der Waals surface area contributed by atoms with Crippen LogP contribution < -0.4 is 10.1 Å². The normalized spacial score (nSPS) is 14.9. The van der Waals surface area contributed by atoms with Gasteiger partial charge in [0.15, 0.2) is 0 Å². The summed E-state index contributed by atoms with van der Waals surface area (Å²) < 4.78 is 32.1. The first-order chi connectivity index (χ1) is 13.0. The van der Waals surface area contributed by atoms with E-state index >= 15 is 0 Å². The average Bonchev–Trinajstić information content (AvgIpc) is 3.23. The minimum atomic E-state index is -3.41. The van der Waals surface area contributed by atoms with Crippen LogP contribution in [0.4, 0.5) is 0 Å². The van der Waals surface area contributed by atoms with Gasteiger partial charge in [-0.15, -0.1) is 0 Å². The SMILES string of the molecule is CCOc1ccccc1C(=O)NCc1ccc(S(=O)(=O)N2CCCC2)cc1. The van der Waals surface area contributed by atoms with Crippen molar-refractivity contribution in [2.24, 2.45) is 0 Å². The molecule has 0 bridgehead atoms. The van der Waals surface area contributed by atoms with E-state index in [2.05, 4.69) is 5.32 Å². The monoisotopic (exact) mass is 388 g/mol. The number of ether oxygens (including phenoxy) is 1. The molecule has 27 heavy (non-hydrogen) atoms. The topological polar surface area (TPSA) is 75.7 Å². The Bertz CT molecular complexity index is 888. The number of amides is 1. The molecule has 0 aliphatic carbocycles. The average molecular weight is 388 g/mol. The molecule has 144 valence electrons. The zero-order valence-electron chi connectivity index (χ0n) is 15.3. The van der Waals surface area contributed by atoms with Crippen molar-refractivity contribution >= 4 is 15.9 Å². The Labute approximate surface area is 160 Å². The maximum atomic E-state index is 12.5. The highest BCUT2D eigenvalue weighted by atomic mass is 32.2. The van der Waals surface area contributed by atoms with Gasteiger partial charge in [-0.3, -0.25) is 4.79 Å². The van der Waals surface area contributed by atoms with Gasteiger partial charge in [0.2, 0.25) is 10.0 Å². The molecule has 1 N–H and O–H groups in total. The second-order valence-corrected chi connectivity index (χ2v) is 8.30. The summed E-state index contributed by atoms with van der Waals surface area (Å²) in [4.78, 5) is 12.7. The predicted octanol–water partition coefficient (Wildman–Crippen LogP) is 2.80. The van der Waals surface area contributed by atoms with Crippen LogP contribution in [0.2, 0.25) is 0 Å². The number of hydrogen-bond acceptors (Lipinski definition) is 4. The van der Waals surface area contributed by atoms with Gasteiger partial charge in [0, 0.05) is 19.6 Å². The Balaban J connectivity index is 1.64. The number of carbonyl (C=O) groups excluding carboxylic acids is 1. The number of sulfonamides is 1. The fraction of sp³-hybridized carbons (Fsp3) is 0.350. The number of hydrogen-bond donors (Lipinski definition) is 1. The highest BCUT2D eigenvalue weighted by molar-refractivity contribution is 7.89. The number of benzene rings is 2. The number of carbonyl (C=O) groups is 1. The summed E-state index contributed by atoms with van der Waals surface area (Å²) in [6.07, 6.45) is 1.82. The molecule has 0 saturated carbocycles. The fourth-order valence-corrected chi connectivity index (χ4v) is 4.59. The second kappa shape index (κ2) is 8.54. The van der Waals surface area contributed by atoms with Gasteiger partial charge in [0.25, 0.3) is 5.91 Å². The second-order valence-electron chi connectivity index (χ2n) is 6.37. The lowest BCUT2D eigenvalue weighted by molar-refractivity contribution is 0.0947. The molecule has 7 heteroatoms. The van der Waals surface area contributed by atoms with Gasteiger partial charge in [-0.25, -0.2) is 8.42 Å². The van der Waals surface area contributed by atoms with E-state index in [1.807, 2.05) is 13.0 Å². The highest BCUT2D eigenvalue weighted by Gasteiger charge is 2.26. The lowest BCUT2D eigenvalue weighted by atomic mass is 10.1. The smallest absolute Gasteiger partial charge is 0.255 e. The maximum Gasteiger partial charge on any atom is 0.255 e. The lowest BCUT2D eigenvalue weighted by Crippen LogP contribution is -2.28. The van der Waals surface area contributed by atoms with Crippen molar-refractivity contribution in [1.82, 2.24) is 9.62 Å². The van der Waals surface area contributed by atoms with Gasteiger partial charge in [-0.1, -0.05) is 24.3 Å². The standard InChI is InChI=1S/C20H24N2O4S/c1-2-26-19-8-4-3-7-18(19)20(23)21-15-16-9-11-17(12-10-16)27(24,25)22-13-5-6-14-22/h3-4,7-12H,2,5-6,13-15H2,1H3,(H,21,23). The summed E-state index contributed by atoms with van der Waals surface area (Å²) >= 11 is 0. The molecule has 1 amide bonds. The number of nitrogens with zero attached hydrogens (tertiary/aromatic N) is 1. The van der Waals surface area contributed by atoms with E-state index in [4.69, 9.17) is 4.74 Å². The molecule has 2 aromatic carbocycles. The Kier molecular flexibility index (Phi) is 6.13. The van der Waals surface area contributed by atoms with Crippen molar-refractivity contribution in [1.29, 1.82) is 0 Å². The molecular weight excluding hydrogens is 364 g/mol. The molecule has 1 saturated heterocycles. The van der Waals surface area contributed by atoms with Gasteiger partial charge >= 0.3 is 0 Å². The quantitative estimate of drug-likeness (QED) is 0.791. The molecule has 0 atom stereocenters. The van der Waals surface area contributed by atoms with Crippen molar-refractivity contribution in [2.45, 2.75) is 31.2 Å². The fourth-order valence-electron chi connectivity index (χ4n) is 3.07. The first-order valence-electron chi connectivity index (χ1n) is 9.11. The third kappa shape index (κ3) is 4.48. The van der Waals surface area contributed by atoms with E-state index in [-0.39, 0.29) is 5.91 Å². The molecule has 1 aliphatic heterocycles. The third-order valence-electron chi connectivity index (χ3n) is 4.51. The minimum Gasteiger partial charge on any atom is -0.493 e. The molecule has 1 aliphatic rings. The van der Waals surface area contributed by atoms with Gasteiger partial charge < -0.3 is 10.1 Å². The van der Waals surface area contributed by atoms with Crippen molar-refractivity contribution in [3.8, 4) is 5.75 Å². The van der Waals surface area contributed by atoms with Crippen molar-refractivity contribution < 1.29 is 17.9 Å². The molecule has 2 aromatic rings. The van der Waals surface area contributed by atoms with Gasteiger partial charge in [0.05, 0.1) is 17.1 Å². The zero-order chi connectivity index (χ0) is 19.3. The Hall–Kier alpha value is -2.38. The Morgan fingerprint density at radius 2 is 1.74 bits per heavy atom. The first kappa shape index (κ1) is 19.4. The molecule has 1 heterocycles. The molecule has 0 spiro atoms. The molecule has 3 rings (SSSR count). The van der Waals surface area contributed by atoms with Gasteiger partial charge in [-0.2, -0.15) is 4.31 Å². The van der Waals surface area contributed by atoms with Crippen LogP contribution >= 0.6 is 0 Å². The van der Waals surface area contributed by atoms with E-state index < -0.39 is 10.0 Å². The van der Waals surface area contributed by atoms with E-state index in [9.17, 15) is 13.2 Å². The molecule has 0 radical (unpaired) electrons. The van der Waals surface area contributed by atoms with Crippen LogP contribution in [0, 0.1) is 0 Å². The Morgan fingerprint density at radius 1 is 1.07 bits per heavy atom. The van der Waals surface area contributed by atoms with Crippen LogP contribution in [0.1, 0.15) is 35.7 Å². The molecule has 0 unspecified atom stereocenters. The molecule has 0 aromatic heterocycles. The molecule has 1 fully saturated rings. The van der Waals surface area contributed by atoms with E-state index in [1.165, 1.54) is 4.31 Å². The predicted molar refractivity (Wildman–Crippen MR) is 103 cm³/mol. The van der Waals surface area contributed by atoms with Crippen LogP contribution in [0.15, 0.2) is 53.4 Å². The summed E-state index contributed by atoms with van der Waals surface area (Å²) in [5.74, 6) is 0.317. The van der Waals surface area contributed by atoms with E-state index in [0.29, 0.717) is 42.4 Å². The summed E-state index contributed by atoms with van der Waals surface area (Å²) in [5.41, 5.74) is 1.31. The van der Waals surface area contributed by atoms with E-state index in [0.717, 1.165) is 18.4 Å². The van der Waals surface area contributed by atoms with Crippen LogP contribution in [0.5, 0.6) is 5.75 Å². The van der Waals surface area contributed by atoms with Gasteiger partial charge in [-0.05, 0) is 49.6 Å². The van der Waals surface area contributed by atoms with E-state index in [1.54, 1.807) is 42.5 Å². The largest absolute Gasteiger partial charge is 0.493 e.